The normalized spacial score (nSPS) is 16.5. The summed E-state index contributed by atoms with van der Waals surface area (Å²) in [7, 11) is 1.91. The van der Waals surface area contributed by atoms with E-state index >= 15 is 0 Å². The number of benzene rings is 1. The molecule has 0 spiro atoms. The van der Waals surface area contributed by atoms with Crippen molar-refractivity contribution in [1.82, 2.24) is 9.80 Å². The molecule has 5 nitrogen and oxygen atoms in total. The lowest BCUT2D eigenvalue weighted by molar-refractivity contribution is -0.138. The number of nitrogens with zero attached hydrogens (tertiary/aromatic N) is 2. The largest absolute Gasteiger partial charge is 0.494 e. The molecule has 1 N–H and O–H groups in total. The van der Waals surface area contributed by atoms with E-state index in [1.807, 2.05) is 11.9 Å². The van der Waals surface area contributed by atoms with E-state index in [2.05, 4.69) is 36.1 Å². The van der Waals surface area contributed by atoms with Gasteiger partial charge in [0.2, 0.25) is 0 Å². The highest BCUT2D eigenvalue weighted by Gasteiger charge is 2.23. The topological polar surface area (TPSA) is 53.0 Å². The maximum absolute atomic E-state index is 10.8. The second kappa shape index (κ2) is 9.64. The average Bonchev–Trinajstić information content (AvgIpc) is 2.57. The summed E-state index contributed by atoms with van der Waals surface area (Å²) in [5, 5.41) is 8.89. The van der Waals surface area contributed by atoms with Crippen molar-refractivity contribution in [3.63, 3.8) is 0 Å². The van der Waals surface area contributed by atoms with Crippen LogP contribution in [0.1, 0.15) is 38.2 Å². The fourth-order valence-electron chi connectivity index (χ4n) is 3.14. The fraction of sp³-hybridized carbons (Fsp3) is 0.632. The van der Waals surface area contributed by atoms with E-state index in [1.165, 1.54) is 5.56 Å². The van der Waals surface area contributed by atoms with Gasteiger partial charge in [0, 0.05) is 12.6 Å². The summed E-state index contributed by atoms with van der Waals surface area (Å²) in [4.78, 5) is 15.2. The lowest BCUT2D eigenvalue weighted by atomic mass is 10.0. The van der Waals surface area contributed by atoms with Crippen LogP contribution in [0.3, 0.4) is 0 Å². The second-order valence-electron chi connectivity index (χ2n) is 6.66. The summed E-state index contributed by atoms with van der Waals surface area (Å²) in [5.41, 5.74) is 1.30. The quantitative estimate of drug-likeness (QED) is 0.704. The number of likely N-dealkylation sites (N-methyl/N-ethyl adjacent to an activating group) is 1. The first-order chi connectivity index (χ1) is 11.6. The summed E-state index contributed by atoms with van der Waals surface area (Å²) < 4.78 is 5.70. The van der Waals surface area contributed by atoms with Crippen LogP contribution in [0.25, 0.3) is 0 Å². The van der Waals surface area contributed by atoms with Crippen molar-refractivity contribution < 1.29 is 14.6 Å². The van der Waals surface area contributed by atoms with Crippen LogP contribution in [0.4, 0.5) is 0 Å². The lowest BCUT2D eigenvalue weighted by Gasteiger charge is -2.36. The molecule has 1 aliphatic heterocycles. The molecule has 0 saturated carbocycles. The molecule has 0 radical (unpaired) electrons. The molecular weight excluding hydrogens is 304 g/mol. The molecule has 2 rings (SSSR count). The third-order valence-electron chi connectivity index (χ3n) is 4.66. The van der Waals surface area contributed by atoms with Gasteiger partial charge in [0.1, 0.15) is 5.75 Å². The van der Waals surface area contributed by atoms with Crippen molar-refractivity contribution in [1.29, 1.82) is 0 Å². The molecule has 0 aliphatic carbocycles. The first-order valence-electron chi connectivity index (χ1n) is 8.94. The van der Waals surface area contributed by atoms with Gasteiger partial charge < -0.3 is 9.84 Å². The standard InChI is InChI=1S/C19H30N2O3/c1-3-4-13-24-18-7-5-16(6-8-18)14-21-11-9-17(10-12-21)20(2)15-19(22)23/h5-8,17H,3-4,9-15H2,1-2H3,(H,22,23). The van der Waals surface area contributed by atoms with Crippen molar-refractivity contribution in [2.24, 2.45) is 0 Å². The van der Waals surface area contributed by atoms with Gasteiger partial charge in [-0.1, -0.05) is 25.5 Å². The van der Waals surface area contributed by atoms with Crippen LogP contribution < -0.4 is 4.74 Å². The van der Waals surface area contributed by atoms with E-state index in [0.717, 1.165) is 57.7 Å². The molecule has 1 heterocycles. The number of carboxylic acid groups (broad SMARTS) is 1. The van der Waals surface area contributed by atoms with Gasteiger partial charge >= 0.3 is 5.97 Å². The Morgan fingerprint density at radius 2 is 1.96 bits per heavy atom. The van der Waals surface area contributed by atoms with E-state index < -0.39 is 5.97 Å². The van der Waals surface area contributed by atoms with Gasteiger partial charge in [0.05, 0.1) is 13.2 Å². The van der Waals surface area contributed by atoms with Crippen LogP contribution in [0, 0.1) is 0 Å². The summed E-state index contributed by atoms with van der Waals surface area (Å²) in [6, 6.07) is 8.77. The Morgan fingerprint density at radius 3 is 2.54 bits per heavy atom. The Kier molecular flexibility index (Phi) is 7.53. The SMILES string of the molecule is CCCCOc1ccc(CN2CCC(N(C)CC(=O)O)CC2)cc1. The minimum Gasteiger partial charge on any atom is -0.494 e. The maximum Gasteiger partial charge on any atom is 0.317 e. The number of likely N-dealkylation sites (tertiary alicyclic amines) is 1. The molecule has 1 fully saturated rings. The van der Waals surface area contributed by atoms with Crippen molar-refractivity contribution in [2.75, 3.05) is 33.3 Å². The number of carboxylic acids is 1. The summed E-state index contributed by atoms with van der Waals surface area (Å²) in [6.45, 7) is 6.06. The highest BCUT2D eigenvalue weighted by Crippen LogP contribution is 2.19. The van der Waals surface area contributed by atoms with E-state index in [9.17, 15) is 4.79 Å². The Hall–Kier alpha value is -1.59. The Morgan fingerprint density at radius 1 is 1.29 bits per heavy atom. The molecule has 0 atom stereocenters. The van der Waals surface area contributed by atoms with E-state index in [1.54, 1.807) is 0 Å². The van der Waals surface area contributed by atoms with Gasteiger partial charge in [-0.3, -0.25) is 14.6 Å². The molecule has 0 unspecified atom stereocenters. The zero-order chi connectivity index (χ0) is 17.4. The smallest absolute Gasteiger partial charge is 0.317 e. The van der Waals surface area contributed by atoms with Gasteiger partial charge in [-0.15, -0.1) is 0 Å². The number of carbonyl (C=O) groups is 1. The molecule has 24 heavy (non-hydrogen) atoms. The maximum atomic E-state index is 10.8. The minimum atomic E-state index is -0.749. The zero-order valence-electron chi connectivity index (χ0n) is 14.9. The number of piperidine rings is 1. The molecule has 0 aromatic heterocycles. The molecule has 5 heteroatoms. The number of rotatable bonds is 9. The predicted octanol–water partition coefficient (Wildman–Crippen LogP) is 2.85. The van der Waals surface area contributed by atoms with Gasteiger partial charge in [0.25, 0.3) is 0 Å². The summed E-state index contributed by atoms with van der Waals surface area (Å²) in [6.07, 6.45) is 4.30. The Labute approximate surface area is 145 Å². The van der Waals surface area contributed by atoms with Crippen LogP contribution in [-0.2, 0) is 11.3 Å². The van der Waals surface area contributed by atoms with Gasteiger partial charge in [-0.25, -0.2) is 0 Å². The predicted molar refractivity (Wildman–Crippen MR) is 95.4 cm³/mol. The van der Waals surface area contributed by atoms with E-state index in [4.69, 9.17) is 9.84 Å². The molecule has 1 saturated heterocycles. The van der Waals surface area contributed by atoms with E-state index in [0.29, 0.717) is 6.04 Å². The highest BCUT2D eigenvalue weighted by atomic mass is 16.5. The van der Waals surface area contributed by atoms with Crippen molar-refractivity contribution in [2.45, 2.75) is 45.2 Å². The summed E-state index contributed by atoms with van der Waals surface area (Å²) >= 11 is 0. The average molecular weight is 334 g/mol. The fourth-order valence-corrected chi connectivity index (χ4v) is 3.14. The van der Waals surface area contributed by atoms with Crippen LogP contribution in [0.15, 0.2) is 24.3 Å². The van der Waals surface area contributed by atoms with Crippen molar-refractivity contribution >= 4 is 5.97 Å². The van der Waals surface area contributed by atoms with Gasteiger partial charge in [-0.05, 0) is 57.1 Å². The number of ether oxygens (including phenoxy) is 1. The Balaban J connectivity index is 1.74. The first-order valence-corrected chi connectivity index (χ1v) is 8.94. The van der Waals surface area contributed by atoms with Crippen molar-refractivity contribution in [3.8, 4) is 5.75 Å². The first kappa shape index (κ1) is 18.7. The molecule has 134 valence electrons. The number of hydrogen-bond donors (Lipinski definition) is 1. The monoisotopic (exact) mass is 334 g/mol. The highest BCUT2D eigenvalue weighted by molar-refractivity contribution is 5.69. The molecule has 0 bridgehead atoms. The van der Waals surface area contributed by atoms with Crippen LogP contribution in [-0.4, -0.2) is 60.2 Å². The van der Waals surface area contributed by atoms with E-state index in [-0.39, 0.29) is 6.54 Å². The molecule has 1 aromatic rings. The molecule has 1 aromatic carbocycles. The van der Waals surface area contributed by atoms with Gasteiger partial charge in [0.15, 0.2) is 0 Å². The molecule has 0 amide bonds. The second-order valence-corrected chi connectivity index (χ2v) is 6.66. The summed E-state index contributed by atoms with van der Waals surface area (Å²) in [5.74, 6) is 0.197. The molecular formula is C19H30N2O3. The van der Waals surface area contributed by atoms with Crippen LogP contribution >= 0.6 is 0 Å². The number of hydrogen-bond acceptors (Lipinski definition) is 4. The van der Waals surface area contributed by atoms with Crippen molar-refractivity contribution in [3.05, 3.63) is 29.8 Å². The van der Waals surface area contributed by atoms with Crippen LogP contribution in [0.2, 0.25) is 0 Å². The number of aliphatic carboxylic acids is 1. The molecule has 1 aliphatic rings. The minimum absolute atomic E-state index is 0.129. The third kappa shape index (κ3) is 6.13. The van der Waals surface area contributed by atoms with Gasteiger partial charge in [-0.2, -0.15) is 0 Å². The number of unbranched alkanes of at least 4 members (excludes halogenated alkanes) is 1. The third-order valence-corrected chi connectivity index (χ3v) is 4.66. The lowest BCUT2D eigenvalue weighted by Crippen LogP contribution is -2.44. The van der Waals surface area contributed by atoms with Crippen LogP contribution in [0.5, 0.6) is 5.75 Å². The Bertz CT molecular complexity index is 496. The zero-order valence-corrected chi connectivity index (χ0v) is 14.9.